The minimum Gasteiger partial charge on any atom is -0.462 e. The van der Waals surface area contributed by atoms with Crippen LogP contribution >= 0.6 is 0 Å². The summed E-state index contributed by atoms with van der Waals surface area (Å²) in [5.74, 6) is -0.339. The van der Waals surface area contributed by atoms with E-state index in [0.29, 0.717) is 12.2 Å². The van der Waals surface area contributed by atoms with E-state index in [1.54, 1.807) is 19.1 Å². The van der Waals surface area contributed by atoms with Crippen molar-refractivity contribution in [2.45, 2.75) is 24.7 Å². The van der Waals surface area contributed by atoms with Gasteiger partial charge in [0.15, 0.2) is 0 Å². The first kappa shape index (κ1) is 17.6. The van der Waals surface area contributed by atoms with Crippen LogP contribution in [0.15, 0.2) is 81.2 Å². The van der Waals surface area contributed by atoms with Crippen molar-refractivity contribution in [2.75, 3.05) is 6.61 Å². The van der Waals surface area contributed by atoms with E-state index < -0.39 is 10.8 Å². The van der Waals surface area contributed by atoms with Crippen LogP contribution in [-0.4, -0.2) is 22.5 Å². The second kappa shape index (κ2) is 7.45. The van der Waals surface area contributed by atoms with Gasteiger partial charge < -0.3 is 4.74 Å². The molecule has 4 rings (SSSR count). The maximum atomic E-state index is 13.1. The molecule has 1 atom stereocenters. The van der Waals surface area contributed by atoms with Crippen molar-refractivity contribution < 1.29 is 13.7 Å². The summed E-state index contributed by atoms with van der Waals surface area (Å²) < 4.78 is 18.2. The predicted molar refractivity (Wildman–Crippen MR) is 106 cm³/mol. The van der Waals surface area contributed by atoms with Gasteiger partial charge in [-0.1, -0.05) is 36.4 Å². The first-order valence-corrected chi connectivity index (χ1v) is 10.1. The summed E-state index contributed by atoms with van der Waals surface area (Å²) in [6.07, 6.45) is 5.66. The van der Waals surface area contributed by atoms with Gasteiger partial charge in [0.2, 0.25) is 0 Å². The summed E-state index contributed by atoms with van der Waals surface area (Å²) in [6.45, 7) is 2.13. The third-order valence-corrected chi connectivity index (χ3v) is 6.18. The van der Waals surface area contributed by atoms with Crippen LogP contribution in [0.3, 0.4) is 0 Å². The molecule has 2 aliphatic rings. The average molecular weight is 377 g/mol. The lowest BCUT2D eigenvalue weighted by molar-refractivity contribution is 0.0526. The smallest absolute Gasteiger partial charge is 0.338 e. The van der Waals surface area contributed by atoms with Gasteiger partial charge in [-0.15, -0.1) is 0 Å². The van der Waals surface area contributed by atoms with E-state index in [0.717, 1.165) is 45.2 Å². The molecule has 0 saturated carbocycles. The maximum Gasteiger partial charge on any atom is 0.338 e. The largest absolute Gasteiger partial charge is 0.462 e. The lowest BCUT2D eigenvalue weighted by Gasteiger charge is -2.11. The molecule has 27 heavy (non-hydrogen) atoms. The highest BCUT2D eigenvalue weighted by Crippen LogP contribution is 2.33. The summed E-state index contributed by atoms with van der Waals surface area (Å²) >= 11 is 0. The summed E-state index contributed by atoms with van der Waals surface area (Å²) in [5.41, 5.74) is 3.79. The summed E-state index contributed by atoms with van der Waals surface area (Å²) in [5, 5.41) is 0. The Morgan fingerprint density at radius 1 is 1.15 bits per heavy atom. The Morgan fingerprint density at radius 2 is 1.93 bits per heavy atom. The molecule has 1 unspecified atom stereocenters. The fourth-order valence-electron chi connectivity index (χ4n) is 3.25. The minimum absolute atomic E-state index is 0.339. The molecule has 2 aromatic rings. The molecule has 1 heterocycles. The van der Waals surface area contributed by atoms with Crippen LogP contribution < -0.4 is 0 Å². The van der Waals surface area contributed by atoms with Gasteiger partial charge in [0.1, 0.15) is 0 Å². The molecular weight excluding hydrogens is 358 g/mol. The van der Waals surface area contributed by atoms with Gasteiger partial charge in [0.05, 0.1) is 39.3 Å². The van der Waals surface area contributed by atoms with Crippen molar-refractivity contribution in [3.05, 3.63) is 88.0 Å². The van der Waals surface area contributed by atoms with Crippen LogP contribution in [0.2, 0.25) is 0 Å². The molecule has 0 N–H and O–H groups in total. The van der Waals surface area contributed by atoms with Crippen molar-refractivity contribution in [1.82, 2.24) is 0 Å². The van der Waals surface area contributed by atoms with Gasteiger partial charge in [0, 0.05) is 16.0 Å². The number of carbonyl (C=O) groups is 1. The Bertz CT molecular complexity index is 1020. The third kappa shape index (κ3) is 3.30. The molecule has 5 heteroatoms. The Labute approximate surface area is 160 Å². The number of benzene rings is 2. The van der Waals surface area contributed by atoms with Gasteiger partial charge in [0.25, 0.3) is 0 Å². The monoisotopic (exact) mass is 377 g/mol. The van der Waals surface area contributed by atoms with Gasteiger partial charge in [-0.2, -0.15) is 0 Å². The van der Waals surface area contributed by atoms with Gasteiger partial charge in [-0.05, 0) is 44.0 Å². The van der Waals surface area contributed by atoms with Crippen molar-refractivity contribution in [1.29, 1.82) is 0 Å². The number of carbonyl (C=O) groups excluding carboxylic acids is 1. The fourth-order valence-corrected chi connectivity index (χ4v) is 4.69. The Kier molecular flexibility index (Phi) is 4.86. The van der Waals surface area contributed by atoms with Gasteiger partial charge in [-0.3, -0.25) is 0 Å². The number of aliphatic imine (C=N–C) groups is 1. The van der Waals surface area contributed by atoms with E-state index in [2.05, 4.69) is 6.08 Å². The summed E-state index contributed by atoms with van der Waals surface area (Å²) in [7, 11) is -1.22. The molecule has 1 aliphatic heterocycles. The molecule has 4 nitrogen and oxygen atoms in total. The predicted octanol–water partition coefficient (Wildman–Crippen LogP) is 4.38. The first-order chi connectivity index (χ1) is 13.2. The molecule has 0 aromatic heterocycles. The highest BCUT2D eigenvalue weighted by molar-refractivity contribution is 7.89. The van der Waals surface area contributed by atoms with Crippen LogP contribution in [0.1, 0.15) is 41.3 Å². The zero-order valence-corrected chi connectivity index (χ0v) is 15.8. The van der Waals surface area contributed by atoms with Crippen LogP contribution in [-0.2, 0) is 15.5 Å². The van der Waals surface area contributed by atoms with E-state index in [9.17, 15) is 9.00 Å². The van der Waals surface area contributed by atoms with E-state index in [1.807, 2.05) is 42.5 Å². The first-order valence-electron chi connectivity index (χ1n) is 8.96. The molecule has 136 valence electrons. The van der Waals surface area contributed by atoms with E-state index >= 15 is 0 Å². The Morgan fingerprint density at radius 3 is 2.70 bits per heavy atom. The van der Waals surface area contributed by atoms with Gasteiger partial charge >= 0.3 is 5.97 Å². The second-order valence-electron chi connectivity index (χ2n) is 6.27. The van der Waals surface area contributed by atoms with Crippen molar-refractivity contribution in [2.24, 2.45) is 4.99 Å². The van der Waals surface area contributed by atoms with Crippen molar-refractivity contribution in [3.8, 4) is 0 Å². The average Bonchev–Trinajstić information content (AvgIpc) is 2.84. The second-order valence-corrected chi connectivity index (χ2v) is 7.74. The number of hydrogen-bond acceptors (Lipinski definition) is 4. The number of esters is 1. The van der Waals surface area contributed by atoms with Crippen LogP contribution in [0.5, 0.6) is 0 Å². The molecule has 0 spiro atoms. The van der Waals surface area contributed by atoms with Crippen molar-refractivity contribution >= 4 is 22.5 Å². The zero-order valence-electron chi connectivity index (χ0n) is 15.0. The minimum atomic E-state index is -1.22. The number of rotatable bonds is 3. The highest BCUT2D eigenvalue weighted by Gasteiger charge is 2.25. The number of fused-ring (bicyclic) bond motifs is 1. The molecular formula is C22H19NO3S. The quantitative estimate of drug-likeness (QED) is 0.746. The molecule has 2 aromatic carbocycles. The molecule has 0 bridgehead atoms. The number of allylic oxidation sites excluding steroid dienone is 3. The van der Waals surface area contributed by atoms with Crippen LogP contribution in [0.25, 0.3) is 0 Å². The number of ether oxygens (including phenoxy) is 1. The van der Waals surface area contributed by atoms with E-state index in [-0.39, 0.29) is 5.97 Å². The summed E-state index contributed by atoms with van der Waals surface area (Å²) in [4.78, 5) is 18.4. The normalized spacial score (nSPS) is 18.3. The Balaban J connectivity index is 1.83. The molecule has 0 saturated heterocycles. The lowest BCUT2D eigenvalue weighted by atomic mass is 10.0. The fraction of sp³-hybridized carbons (Fsp3) is 0.182. The van der Waals surface area contributed by atoms with E-state index in [1.165, 1.54) is 0 Å². The lowest BCUT2D eigenvalue weighted by Crippen LogP contribution is -2.08. The molecule has 0 fully saturated rings. The number of nitrogens with zero attached hydrogens (tertiary/aromatic N) is 1. The maximum absolute atomic E-state index is 13.1. The molecule has 0 radical (unpaired) electrons. The SMILES string of the molecule is CCOC(=O)c1ccc(C2=NC3=C(CCC=C3)S(=O)c3ccccc32)cc1. The molecule has 1 aliphatic carbocycles. The third-order valence-electron chi connectivity index (χ3n) is 4.57. The highest BCUT2D eigenvalue weighted by atomic mass is 32.2. The molecule has 0 amide bonds. The standard InChI is InChI=1S/C22H19NO3S/c1-2-26-22(24)16-13-11-15(12-14-16)21-17-7-3-5-9-19(17)27(25)20-10-6-4-8-18(20)23-21/h3-5,7-9,11-14H,2,6,10H2,1H3. The van der Waals surface area contributed by atoms with Crippen molar-refractivity contribution in [3.63, 3.8) is 0 Å². The van der Waals surface area contributed by atoms with Crippen LogP contribution in [0, 0.1) is 0 Å². The zero-order chi connectivity index (χ0) is 18.8. The van der Waals surface area contributed by atoms with E-state index in [4.69, 9.17) is 9.73 Å². The van der Waals surface area contributed by atoms with Gasteiger partial charge in [-0.25, -0.2) is 14.0 Å². The summed E-state index contributed by atoms with van der Waals surface area (Å²) in [6, 6.07) is 14.9. The van der Waals surface area contributed by atoms with Crippen LogP contribution in [0.4, 0.5) is 0 Å². The number of hydrogen-bond donors (Lipinski definition) is 0. The Hall–Kier alpha value is -2.79. The topological polar surface area (TPSA) is 55.7 Å².